The average Bonchev–Trinajstić information content (AvgIpc) is 3.55. The molecule has 0 aromatic carbocycles. The molecule has 0 aliphatic rings. The summed E-state index contributed by atoms with van der Waals surface area (Å²) in [5.74, 6) is 1.19. The van der Waals surface area contributed by atoms with Gasteiger partial charge >= 0.3 is 0 Å². The first-order valence-electron chi connectivity index (χ1n) is 9.08. The second-order valence-electron chi connectivity index (χ2n) is 6.01. The van der Waals surface area contributed by atoms with Gasteiger partial charge in [0.2, 0.25) is 22.1 Å². The van der Waals surface area contributed by atoms with E-state index in [2.05, 4.69) is 41.0 Å². The lowest BCUT2D eigenvalue weighted by molar-refractivity contribution is -0.117. The highest BCUT2D eigenvalue weighted by atomic mass is 32.2. The van der Waals surface area contributed by atoms with Crippen molar-refractivity contribution < 1.29 is 9.59 Å². The number of carbonyl (C=O) groups excluding carboxylic acids is 2. The Labute approximate surface area is 198 Å². The Kier molecular flexibility index (Phi) is 7.81. The quantitative estimate of drug-likeness (QED) is 0.175. The van der Waals surface area contributed by atoms with Crippen molar-refractivity contribution in [3.63, 3.8) is 0 Å². The summed E-state index contributed by atoms with van der Waals surface area (Å²) >= 11 is 5.75. The van der Waals surface area contributed by atoms with Crippen LogP contribution in [-0.4, -0.2) is 62.8 Å². The molecule has 4 rings (SSSR count). The number of aromatic nitrogens is 8. The van der Waals surface area contributed by atoms with E-state index in [1.165, 1.54) is 22.7 Å². The van der Waals surface area contributed by atoms with E-state index in [1.807, 2.05) is 0 Å². The number of carbonyl (C=O) groups is 2. The molecular weight excluding hydrogens is 493 g/mol. The van der Waals surface area contributed by atoms with Gasteiger partial charge in [-0.15, -0.1) is 20.4 Å². The minimum atomic E-state index is -0.185. The molecular formula is C16H16N10O2S4. The molecule has 2 amide bonds. The Morgan fingerprint density at radius 3 is 1.66 bits per heavy atom. The third kappa shape index (κ3) is 6.84. The molecule has 0 bridgehead atoms. The lowest BCUT2D eigenvalue weighted by Gasteiger charge is -2.01. The smallest absolute Gasteiger partial charge is 0.246 e. The van der Waals surface area contributed by atoms with Crippen LogP contribution >= 0.6 is 46.2 Å². The molecule has 0 fully saturated rings. The molecule has 12 nitrogen and oxygen atoms in total. The minimum Gasteiger partial charge on any atom is -0.328 e. The lowest BCUT2D eigenvalue weighted by atomic mass is 10.6. The maximum atomic E-state index is 12.0. The molecule has 0 saturated heterocycles. The molecule has 0 radical (unpaired) electrons. The number of nitrogens with zero attached hydrogens (tertiary/aromatic N) is 8. The van der Waals surface area contributed by atoms with E-state index >= 15 is 0 Å². The number of hydrogen-bond acceptors (Lipinski definition) is 12. The summed E-state index contributed by atoms with van der Waals surface area (Å²) in [5.41, 5.74) is 0. The topological polar surface area (TPSA) is 145 Å². The van der Waals surface area contributed by atoms with Crippen molar-refractivity contribution in [1.29, 1.82) is 0 Å². The molecule has 0 saturated carbocycles. The van der Waals surface area contributed by atoms with Crippen LogP contribution in [0.15, 0.2) is 46.1 Å². The number of hydrogen-bond donors (Lipinski definition) is 2. The van der Waals surface area contributed by atoms with E-state index in [-0.39, 0.29) is 24.9 Å². The summed E-state index contributed by atoms with van der Waals surface area (Å²) in [6.45, 7) is 0.346. The molecule has 16 heteroatoms. The van der Waals surface area contributed by atoms with Gasteiger partial charge in [0.1, 0.15) is 13.1 Å². The van der Waals surface area contributed by atoms with E-state index in [0.717, 1.165) is 20.2 Å². The van der Waals surface area contributed by atoms with Crippen LogP contribution in [0.1, 0.15) is 0 Å². The monoisotopic (exact) mass is 508 g/mol. The van der Waals surface area contributed by atoms with Gasteiger partial charge in [0.05, 0.1) is 12.7 Å². The summed E-state index contributed by atoms with van der Waals surface area (Å²) in [4.78, 5) is 31.8. The molecule has 32 heavy (non-hydrogen) atoms. The molecule has 4 aromatic heterocycles. The second-order valence-corrected chi connectivity index (χ2v) is 10.6. The highest BCUT2D eigenvalue weighted by Crippen LogP contribution is 2.29. The molecule has 4 aromatic rings. The maximum absolute atomic E-state index is 12.0. The zero-order chi connectivity index (χ0) is 22.2. The maximum Gasteiger partial charge on any atom is 0.246 e. The third-order valence-electron chi connectivity index (χ3n) is 3.61. The van der Waals surface area contributed by atoms with E-state index < -0.39 is 0 Å². The number of imidazole rings is 2. The van der Waals surface area contributed by atoms with Crippen molar-refractivity contribution in [3.05, 3.63) is 37.4 Å². The largest absolute Gasteiger partial charge is 0.328 e. The van der Waals surface area contributed by atoms with Crippen molar-refractivity contribution in [1.82, 2.24) is 39.5 Å². The minimum absolute atomic E-state index is 0.173. The Morgan fingerprint density at radius 1 is 0.781 bits per heavy atom. The van der Waals surface area contributed by atoms with Gasteiger partial charge in [-0.25, -0.2) is 9.97 Å². The van der Waals surface area contributed by atoms with Gasteiger partial charge in [0, 0.05) is 36.3 Å². The third-order valence-corrected chi connectivity index (χ3v) is 7.82. The molecule has 166 valence electrons. The predicted molar refractivity (Wildman–Crippen MR) is 123 cm³/mol. The standard InChI is InChI=1S/C16H16N10O2S4/c27-11(7-25-3-1-17-9-25)19-13-21-23-15(31-13)29-5-6-30-16-24-22-14(32-16)20-12(28)8-26-4-2-18-10-26/h1-4,9-10H,5-8H2,(H,19,21,27)(H,20,22,28). The van der Waals surface area contributed by atoms with Crippen molar-refractivity contribution in [2.45, 2.75) is 21.8 Å². The van der Waals surface area contributed by atoms with E-state index in [1.54, 1.807) is 70.1 Å². The summed E-state index contributed by atoms with van der Waals surface area (Å²) in [6, 6.07) is 0. The van der Waals surface area contributed by atoms with Crippen LogP contribution in [0.2, 0.25) is 0 Å². The molecule has 0 unspecified atom stereocenters. The Morgan fingerprint density at radius 2 is 1.25 bits per heavy atom. The molecule has 4 heterocycles. The van der Waals surface area contributed by atoms with Gasteiger partial charge in [-0.05, 0) is 0 Å². The molecule has 0 atom stereocenters. The number of amides is 2. The molecule has 2 N–H and O–H groups in total. The van der Waals surface area contributed by atoms with Crippen LogP contribution in [0.25, 0.3) is 0 Å². The Bertz CT molecular complexity index is 1050. The van der Waals surface area contributed by atoms with E-state index in [9.17, 15) is 9.59 Å². The zero-order valence-electron chi connectivity index (χ0n) is 16.3. The average molecular weight is 509 g/mol. The van der Waals surface area contributed by atoms with Gasteiger partial charge in [-0.2, -0.15) is 0 Å². The molecule has 0 aliphatic heterocycles. The van der Waals surface area contributed by atoms with Crippen molar-refractivity contribution >= 4 is 68.3 Å². The highest BCUT2D eigenvalue weighted by Gasteiger charge is 2.11. The number of nitrogens with one attached hydrogen (secondary N) is 2. The summed E-state index contributed by atoms with van der Waals surface area (Å²) in [6.07, 6.45) is 9.83. The van der Waals surface area contributed by atoms with Crippen molar-refractivity contribution in [3.8, 4) is 0 Å². The number of rotatable bonds is 11. The van der Waals surface area contributed by atoms with Crippen LogP contribution in [0.5, 0.6) is 0 Å². The first-order valence-corrected chi connectivity index (χ1v) is 12.7. The number of anilines is 2. The Hall–Kier alpha value is -2.82. The summed E-state index contributed by atoms with van der Waals surface area (Å²) < 4.78 is 4.89. The van der Waals surface area contributed by atoms with Crippen LogP contribution in [0.4, 0.5) is 10.3 Å². The van der Waals surface area contributed by atoms with Crippen molar-refractivity contribution in [2.75, 3.05) is 22.1 Å². The fourth-order valence-corrected chi connectivity index (χ4v) is 5.95. The molecule has 0 aliphatic carbocycles. The second kappa shape index (κ2) is 11.2. The fourth-order valence-electron chi connectivity index (χ4n) is 2.30. The SMILES string of the molecule is O=C(Cn1ccnc1)Nc1nnc(SCCSc2nnc(NC(=O)Cn3ccnc3)s2)s1. The lowest BCUT2D eigenvalue weighted by Crippen LogP contribution is -2.17. The predicted octanol–water partition coefficient (Wildman–Crippen LogP) is 1.94. The normalized spacial score (nSPS) is 10.9. The highest BCUT2D eigenvalue weighted by molar-refractivity contribution is 8.04. The van der Waals surface area contributed by atoms with Crippen LogP contribution in [-0.2, 0) is 22.7 Å². The van der Waals surface area contributed by atoms with Gasteiger partial charge in [0.15, 0.2) is 8.68 Å². The van der Waals surface area contributed by atoms with Gasteiger partial charge < -0.3 is 9.13 Å². The van der Waals surface area contributed by atoms with Gasteiger partial charge in [0.25, 0.3) is 0 Å². The van der Waals surface area contributed by atoms with Crippen LogP contribution < -0.4 is 10.6 Å². The van der Waals surface area contributed by atoms with Crippen LogP contribution in [0, 0.1) is 0 Å². The molecule has 0 spiro atoms. The first-order chi connectivity index (χ1) is 15.6. The number of thioether (sulfide) groups is 2. The summed E-state index contributed by atoms with van der Waals surface area (Å²) in [7, 11) is 0. The van der Waals surface area contributed by atoms with Crippen LogP contribution in [0.3, 0.4) is 0 Å². The first kappa shape index (κ1) is 22.4. The van der Waals surface area contributed by atoms with E-state index in [0.29, 0.717) is 10.3 Å². The van der Waals surface area contributed by atoms with E-state index in [4.69, 9.17) is 0 Å². The zero-order valence-corrected chi connectivity index (χ0v) is 19.6. The Balaban J connectivity index is 1.14. The van der Waals surface area contributed by atoms with Gasteiger partial charge in [-0.3, -0.25) is 20.2 Å². The van der Waals surface area contributed by atoms with Gasteiger partial charge in [-0.1, -0.05) is 46.2 Å². The summed E-state index contributed by atoms with van der Waals surface area (Å²) in [5, 5.41) is 22.6. The fraction of sp³-hybridized carbons (Fsp3) is 0.250. The van der Waals surface area contributed by atoms with Crippen molar-refractivity contribution in [2.24, 2.45) is 0 Å².